The second-order valence-corrected chi connectivity index (χ2v) is 5.29. The first-order valence-corrected chi connectivity index (χ1v) is 7.40. The lowest BCUT2D eigenvalue weighted by atomic mass is 10.0. The molecule has 6 heteroatoms. The average Bonchev–Trinajstić information content (AvgIpc) is 2.94. The van der Waals surface area contributed by atoms with E-state index in [-0.39, 0.29) is 6.04 Å². The quantitative estimate of drug-likeness (QED) is 0.861. The van der Waals surface area contributed by atoms with Gasteiger partial charge in [0.1, 0.15) is 11.6 Å². The molecule has 2 rings (SSSR count). The van der Waals surface area contributed by atoms with E-state index in [0.29, 0.717) is 24.2 Å². The Kier molecular flexibility index (Phi) is 4.73. The summed E-state index contributed by atoms with van der Waals surface area (Å²) < 4.78 is 0. The molecule has 0 saturated heterocycles. The third-order valence-corrected chi connectivity index (χ3v) is 4.11. The van der Waals surface area contributed by atoms with E-state index in [2.05, 4.69) is 21.6 Å². The van der Waals surface area contributed by atoms with E-state index in [1.807, 2.05) is 13.8 Å². The van der Waals surface area contributed by atoms with E-state index in [1.54, 1.807) is 0 Å². The molecule has 2 unspecified atom stereocenters. The van der Waals surface area contributed by atoms with E-state index in [4.69, 9.17) is 0 Å². The van der Waals surface area contributed by atoms with Crippen LogP contribution < -0.4 is 5.32 Å². The molecule has 1 aromatic rings. The monoisotopic (exact) mass is 288 g/mol. The molecule has 1 fully saturated rings. The van der Waals surface area contributed by atoms with Gasteiger partial charge >= 0.3 is 5.97 Å². The number of anilines is 1. The van der Waals surface area contributed by atoms with Crippen LogP contribution in [0.15, 0.2) is 0 Å². The van der Waals surface area contributed by atoms with Gasteiger partial charge in [0.2, 0.25) is 0 Å². The second-order valence-electron chi connectivity index (χ2n) is 5.29. The highest BCUT2D eigenvalue weighted by atomic mass is 16.4. The number of hydrogen-bond acceptors (Lipinski definition) is 5. The van der Waals surface area contributed by atoms with Crippen LogP contribution in [0.4, 0.5) is 5.82 Å². The lowest BCUT2D eigenvalue weighted by molar-refractivity contribution is -0.141. The molecule has 1 aromatic heterocycles. The summed E-state index contributed by atoms with van der Waals surface area (Å²) in [7, 11) is 0. The maximum Gasteiger partial charge on any atom is 0.308 e. The number of aryl methyl sites for hydroxylation is 1. The zero-order valence-electron chi connectivity index (χ0n) is 12.4. The Balaban J connectivity index is 2.32. The SMILES string of the molecule is CCc1nnc(NC2CCCC2C(=O)O)c(C#N)c1CC. The number of carboxylic acid groups (broad SMARTS) is 1. The maximum atomic E-state index is 11.2. The minimum absolute atomic E-state index is 0.180. The van der Waals surface area contributed by atoms with Crippen LogP contribution in [0, 0.1) is 17.2 Å². The number of aromatic nitrogens is 2. The first kappa shape index (κ1) is 15.2. The van der Waals surface area contributed by atoms with Crippen molar-refractivity contribution in [3.05, 3.63) is 16.8 Å². The van der Waals surface area contributed by atoms with Gasteiger partial charge in [-0.2, -0.15) is 10.4 Å². The number of nitriles is 1. The van der Waals surface area contributed by atoms with Crippen molar-refractivity contribution < 1.29 is 9.90 Å². The lowest BCUT2D eigenvalue weighted by Crippen LogP contribution is -2.30. The molecular formula is C15H20N4O2. The van der Waals surface area contributed by atoms with Gasteiger partial charge in [0.05, 0.1) is 11.6 Å². The Morgan fingerprint density at radius 1 is 1.38 bits per heavy atom. The Bertz CT molecular complexity index is 580. The van der Waals surface area contributed by atoms with Crippen LogP contribution in [0.3, 0.4) is 0 Å². The smallest absolute Gasteiger partial charge is 0.308 e. The minimum Gasteiger partial charge on any atom is -0.481 e. The summed E-state index contributed by atoms with van der Waals surface area (Å²) in [4.78, 5) is 11.2. The fourth-order valence-corrected chi connectivity index (χ4v) is 3.00. The Morgan fingerprint density at radius 2 is 2.14 bits per heavy atom. The van der Waals surface area contributed by atoms with Crippen molar-refractivity contribution >= 4 is 11.8 Å². The van der Waals surface area contributed by atoms with E-state index >= 15 is 0 Å². The highest BCUT2D eigenvalue weighted by Gasteiger charge is 2.33. The van der Waals surface area contributed by atoms with Crippen LogP contribution in [-0.4, -0.2) is 27.3 Å². The Labute approximate surface area is 124 Å². The summed E-state index contributed by atoms with van der Waals surface area (Å²) in [6, 6.07) is 2.02. The van der Waals surface area contributed by atoms with Crippen molar-refractivity contribution in [1.82, 2.24) is 10.2 Å². The van der Waals surface area contributed by atoms with Gasteiger partial charge in [-0.25, -0.2) is 0 Å². The first-order valence-electron chi connectivity index (χ1n) is 7.40. The van der Waals surface area contributed by atoms with Gasteiger partial charge in [0.15, 0.2) is 5.82 Å². The van der Waals surface area contributed by atoms with E-state index in [9.17, 15) is 15.2 Å². The summed E-state index contributed by atoms with van der Waals surface area (Å²) in [5.74, 6) is -0.795. The molecular weight excluding hydrogens is 268 g/mol. The van der Waals surface area contributed by atoms with Crippen LogP contribution in [0.1, 0.15) is 49.9 Å². The van der Waals surface area contributed by atoms with Crippen molar-refractivity contribution in [3.63, 3.8) is 0 Å². The molecule has 2 atom stereocenters. The standard InChI is InChI=1S/C15H20N4O2/c1-3-9-11(8-16)14(19-18-12(9)4-2)17-13-7-5-6-10(13)15(20)21/h10,13H,3-7H2,1-2H3,(H,17,19)(H,20,21). The predicted octanol–water partition coefficient (Wildman–Crippen LogP) is 2.14. The fourth-order valence-electron chi connectivity index (χ4n) is 3.00. The van der Waals surface area contributed by atoms with Crippen molar-refractivity contribution in [2.45, 2.75) is 52.0 Å². The number of carboxylic acids is 1. The predicted molar refractivity (Wildman–Crippen MR) is 77.9 cm³/mol. The van der Waals surface area contributed by atoms with Gasteiger partial charge in [0, 0.05) is 6.04 Å². The normalized spacial score (nSPS) is 21.0. The van der Waals surface area contributed by atoms with Crippen LogP contribution in [0.25, 0.3) is 0 Å². The highest BCUT2D eigenvalue weighted by Crippen LogP contribution is 2.30. The van der Waals surface area contributed by atoms with Crippen molar-refractivity contribution in [2.24, 2.45) is 5.92 Å². The molecule has 0 spiro atoms. The largest absolute Gasteiger partial charge is 0.481 e. The first-order chi connectivity index (χ1) is 10.1. The van der Waals surface area contributed by atoms with E-state index in [0.717, 1.165) is 30.5 Å². The van der Waals surface area contributed by atoms with Crippen molar-refractivity contribution in [1.29, 1.82) is 5.26 Å². The number of hydrogen-bond donors (Lipinski definition) is 2. The van der Waals surface area contributed by atoms with Crippen molar-refractivity contribution in [2.75, 3.05) is 5.32 Å². The summed E-state index contributed by atoms with van der Waals surface area (Å²) in [6.07, 6.45) is 3.75. The second kappa shape index (κ2) is 6.53. The zero-order valence-corrected chi connectivity index (χ0v) is 12.4. The van der Waals surface area contributed by atoms with Crippen LogP contribution in [-0.2, 0) is 17.6 Å². The minimum atomic E-state index is -0.794. The van der Waals surface area contributed by atoms with Gasteiger partial charge in [-0.3, -0.25) is 4.79 Å². The molecule has 2 N–H and O–H groups in total. The summed E-state index contributed by atoms with van der Waals surface area (Å²) in [5.41, 5.74) is 2.24. The molecule has 21 heavy (non-hydrogen) atoms. The molecule has 0 amide bonds. The number of nitrogens with one attached hydrogen (secondary N) is 1. The molecule has 112 valence electrons. The maximum absolute atomic E-state index is 11.2. The molecule has 0 radical (unpaired) electrons. The number of aliphatic carboxylic acids is 1. The number of rotatable bonds is 5. The van der Waals surface area contributed by atoms with E-state index in [1.165, 1.54) is 0 Å². The van der Waals surface area contributed by atoms with Gasteiger partial charge in [-0.15, -0.1) is 5.10 Å². The van der Waals surface area contributed by atoms with Gasteiger partial charge in [-0.1, -0.05) is 20.3 Å². The molecule has 0 aliphatic heterocycles. The van der Waals surface area contributed by atoms with Gasteiger partial charge in [-0.05, 0) is 31.2 Å². The number of carbonyl (C=O) groups is 1. The van der Waals surface area contributed by atoms with Crippen LogP contribution >= 0.6 is 0 Å². The van der Waals surface area contributed by atoms with Crippen LogP contribution in [0.5, 0.6) is 0 Å². The zero-order chi connectivity index (χ0) is 15.4. The van der Waals surface area contributed by atoms with Gasteiger partial charge < -0.3 is 10.4 Å². The molecule has 1 aliphatic carbocycles. The summed E-state index contributed by atoms with van der Waals surface area (Å²) >= 11 is 0. The summed E-state index contributed by atoms with van der Waals surface area (Å²) in [5, 5.41) is 30.1. The topological polar surface area (TPSA) is 98.9 Å². The molecule has 1 saturated carbocycles. The molecule has 0 bridgehead atoms. The Morgan fingerprint density at radius 3 is 2.71 bits per heavy atom. The van der Waals surface area contributed by atoms with Gasteiger partial charge in [0.25, 0.3) is 0 Å². The number of nitrogens with zero attached hydrogens (tertiary/aromatic N) is 3. The Hall–Kier alpha value is -2.16. The molecule has 1 heterocycles. The lowest BCUT2D eigenvalue weighted by Gasteiger charge is -2.19. The fraction of sp³-hybridized carbons (Fsp3) is 0.600. The molecule has 1 aliphatic rings. The summed E-state index contributed by atoms with van der Waals surface area (Å²) in [6.45, 7) is 3.96. The van der Waals surface area contributed by atoms with Crippen molar-refractivity contribution in [3.8, 4) is 6.07 Å². The third kappa shape index (κ3) is 2.97. The van der Waals surface area contributed by atoms with Crippen LogP contribution in [0.2, 0.25) is 0 Å². The highest BCUT2D eigenvalue weighted by molar-refractivity contribution is 5.72. The molecule has 0 aromatic carbocycles. The molecule has 6 nitrogen and oxygen atoms in total. The third-order valence-electron chi connectivity index (χ3n) is 4.11. The average molecular weight is 288 g/mol. The van der Waals surface area contributed by atoms with E-state index < -0.39 is 11.9 Å².